The molecule has 1 heterocycles. The first-order valence-corrected chi connectivity index (χ1v) is 7.87. The molecular formula is C18H17NO3. The molecule has 1 aromatic carbocycles. The molecule has 2 amide bonds. The van der Waals surface area contributed by atoms with Gasteiger partial charge in [0.25, 0.3) is 0 Å². The van der Waals surface area contributed by atoms with Crippen LogP contribution >= 0.6 is 0 Å². The zero-order valence-corrected chi connectivity index (χ0v) is 12.4. The third-order valence-corrected chi connectivity index (χ3v) is 6.18. The van der Waals surface area contributed by atoms with Gasteiger partial charge in [0.1, 0.15) is 5.75 Å². The second-order valence-electron chi connectivity index (χ2n) is 6.93. The van der Waals surface area contributed by atoms with Crippen LogP contribution in [0.1, 0.15) is 12.8 Å². The standard InChI is InChI=1S/C18H17NO3/c1-22-11-4-2-10(3-5-11)19-16(20)14-12-6-7-13(15(14)17(19)21)18(12)8-9-18/h2-7,12-15H,8-9H2,1H3/t12-,13+,14-,15+. The lowest BCUT2D eigenvalue weighted by molar-refractivity contribution is -0.123. The van der Waals surface area contributed by atoms with Crippen LogP contribution in [0.25, 0.3) is 0 Å². The summed E-state index contributed by atoms with van der Waals surface area (Å²) >= 11 is 0. The summed E-state index contributed by atoms with van der Waals surface area (Å²) < 4.78 is 5.14. The minimum Gasteiger partial charge on any atom is -0.497 e. The van der Waals surface area contributed by atoms with Crippen LogP contribution in [-0.2, 0) is 9.59 Å². The Balaban J connectivity index is 1.53. The van der Waals surface area contributed by atoms with Crippen LogP contribution in [0.3, 0.4) is 0 Å². The monoisotopic (exact) mass is 295 g/mol. The van der Waals surface area contributed by atoms with E-state index in [0.717, 1.165) is 5.75 Å². The fourth-order valence-corrected chi connectivity index (χ4v) is 5.06. The highest BCUT2D eigenvalue weighted by molar-refractivity contribution is 6.23. The molecule has 5 rings (SSSR count). The molecule has 4 heteroatoms. The number of fused-ring (bicyclic) bond motifs is 3. The van der Waals surface area contributed by atoms with Gasteiger partial charge >= 0.3 is 0 Å². The van der Waals surface area contributed by atoms with E-state index >= 15 is 0 Å². The second kappa shape index (κ2) is 3.80. The molecule has 3 fully saturated rings. The maximum absolute atomic E-state index is 12.9. The minimum atomic E-state index is -0.132. The number of ether oxygens (including phenoxy) is 1. The second-order valence-corrected chi connectivity index (χ2v) is 6.93. The molecule has 1 aromatic rings. The number of amides is 2. The lowest BCUT2D eigenvalue weighted by Crippen LogP contribution is -2.34. The number of hydrogen-bond acceptors (Lipinski definition) is 3. The highest BCUT2D eigenvalue weighted by Gasteiger charge is 2.73. The van der Waals surface area contributed by atoms with E-state index in [0.29, 0.717) is 5.69 Å². The Hall–Kier alpha value is -2.10. The first kappa shape index (κ1) is 12.4. The molecule has 0 radical (unpaired) electrons. The highest BCUT2D eigenvalue weighted by Crippen LogP contribution is 2.73. The van der Waals surface area contributed by atoms with E-state index in [1.165, 1.54) is 17.7 Å². The number of hydrogen-bond donors (Lipinski definition) is 0. The molecular weight excluding hydrogens is 278 g/mol. The van der Waals surface area contributed by atoms with Crippen LogP contribution in [0.5, 0.6) is 5.75 Å². The normalized spacial score (nSPS) is 36.3. The predicted octanol–water partition coefficient (Wildman–Crippen LogP) is 2.40. The van der Waals surface area contributed by atoms with Crippen LogP contribution in [0.15, 0.2) is 36.4 Å². The Morgan fingerprint density at radius 1 is 1.00 bits per heavy atom. The van der Waals surface area contributed by atoms with Crippen LogP contribution < -0.4 is 9.64 Å². The highest BCUT2D eigenvalue weighted by atomic mass is 16.5. The number of methoxy groups -OCH3 is 1. The van der Waals surface area contributed by atoms with Gasteiger partial charge in [0, 0.05) is 0 Å². The fourth-order valence-electron chi connectivity index (χ4n) is 5.06. The van der Waals surface area contributed by atoms with E-state index in [1.807, 2.05) is 0 Å². The minimum absolute atomic E-state index is 0.0108. The van der Waals surface area contributed by atoms with E-state index in [9.17, 15) is 9.59 Å². The summed E-state index contributed by atoms with van der Waals surface area (Å²) in [7, 11) is 1.60. The first-order chi connectivity index (χ1) is 10.7. The van der Waals surface area contributed by atoms with Gasteiger partial charge in [0.15, 0.2) is 0 Å². The molecule has 2 saturated carbocycles. The summed E-state index contributed by atoms with van der Waals surface area (Å²) in [6, 6.07) is 7.16. The van der Waals surface area contributed by atoms with Crippen LogP contribution in [0.2, 0.25) is 0 Å². The molecule has 1 aliphatic heterocycles. The number of imide groups is 1. The summed E-state index contributed by atoms with van der Waals surface area (Å²) in [6.07, 6.45) is 6.74. The van der Waals surface area contributed by atoms with Crippen molar-refractivity contribution in [3.05, 3.63) is 36.4 Å². The number of allylic oxidation sites excluding steroid dienone is 2. The lowest BCUT2D eigenvalue weighted by atomic mass is 9.85. The summed E-state index contributed by atoms with van der Waals surface area (Å²) in [5.41, 5.74) is 0.918. The van der Waals surface area contributed by atoms with Gasteiger partial charge in [0.2, 0.25) is 11.8 Å². The fraction of sp³-hybridized carbons (Fsp3) is 0.444. The van der Waals surface area contributed by atoms with Gasteiger partial charge in [0.05, 0.1) is 24.6 Å². The zero-order valence-electron chi connectivity index (χ0n) is 12.4. The Morgan fingerprint density at radius 3 is 2.00 bits per heavy atom. The van der Waals surface area contributed by atoms with Crippen LogP contribution in [-0.4, -0.2) is 18.9 Å². The largest absolute Gasteiger partial charge is 0.497 e. The number of nitrogens with zero attached hydrogens (tertiary/aromatic N) is 1. The van der Waals surface area contributed by atoms with Crippen molar-refractivity contribution in [3.8, 4) is 5.75 Å². The van der Waals surface area contributed by atoms with Crippen molar-refractivity contribution >= 4 is 17.5 Å². The lowest BCUT2D eigenvalue weighted by Gasteiger charge is -2.21. The van der Waals surface area contributed by atoms with Crippen molar-refractivity contribution in [1.82, 2.24) is 0 Å². The van der Waals surface area contributed by atoms with Crippen molar-refractivity contribution in [2.75, 3.05) is 12.0 Å². The van der Waals surface area contributed by atoms with Crippen LogP contribution in [0.4, 0.5) is 5.69 Å². The molecule has 4 atom stereocenters. The van der Waals surface area contributed by atoms with Crippen LogP contribution in [0, 0.1) is 29.1 Å². The molecule has 1 saturated heterocycles. The molecule has 0 N–H and O–H groups in total. The number of carbonyl (C=O) groups excluding carboxylic acids is 2. The smallest absolute Gasteiger partial charge is 0.238 e. The predicted molar refractivity (Wildman–Crippen MR) is 80.3 cm³/mol. The van der Waals surface area contributed by atoms with E-state index in [4.69, 9.17) is 4.74 Å². The van der Waals surface area contributed by atoms with Gasteiger partial charge in [-0.3, -0.25) is 14.5 Å². The van der Waals surface area contributed by atoms with E-state index in [2.05, 4.69) is 12.2 Å². The third kappa shape index (κ3) is 1.25. The van der Waals surface area contributed by atoms with Crippen molar-refractivity contribution in [1.29, 1.82) is 0 Å². The van der Waals surface area contributed by atoms with E-state index in [1.54, 1.807) is 31.4 Å². The van der Waals surface area contributed by atoms with Gasteiger partial charge in [-0.05, 0) is 54.4 Å². The molecule has 1 spiro atoms. The Bertz CT molecular complexity index is 682. The number of rotatable bonds is 2. The topological polar surface area (TPSA) is 46.6 Å². The number of benzene rings is 1. The average Bonchev–Trinajstić information content (AvgIpc) is 3.13. The summed E-state index contributed by atoms with van der Waals surface area (Å²) in [4.78, 5) is 27.2. The maximum Gasteiger partial charge on any atom is 0.238 e. The van der Waals surface area contributed by atoms with E-state index < -0.39 is 0 Å². The van der Waals surface area contributed by atoms with Gasteiger partial charge in [-0.15, -0.1) is 0 Å². The van der Waals surface area contributed by atoms with Crippen molar-refractivity contribution in [2.45, 2.75) is 12.8 Å². The molecule has 2 bridgehead atoms. The molecule has 0 aromatic heterocycles. The summed E-state index contributed by atoms with van der Waals surface area (Å²) in [5, 5.41) is 0. The van der Waals surface area contributed by atoms with Gasteiger partial charge in [-0.1, -0.05) is 12.2 Å². The van der Waals surface area contributed by atoms with Gasteiger partial charge in [-0.2, -0.15) is 0 Å². The molecule has 4 aliphatic rings. The number of carbonyl (C=O) groups is 2. The number of anilines is 1. The van der Waals surface area contributed by atoms with Crippen molar-refractivity contribution in [2.24, 2.45) is 29.1 Å². The zero-order chi connectivity index (χ0) is 15.1. The molecule has 4 nitrogen and oxygen atoms in total. The van der Waals surface area contributed by atoms with Crippen molar-refractivity contribution < 1.29 is 14.3 Å². The summed E-state index contributed by atoms with van der Waals surface area (Å²) in [5.74, 6) is 0.997. The molecule has 3 aliphatic carbocycles. The average molecular weight is 295 g/mol. The Kier molecular flexibility index (Phi) is 2.15. The molecule has 22 heavy (non-hydrogen) atoms. The van der Waals surface area contributed by atoms with Crippen molar-refractivity contribution in [3.63, 3.8) is 0 Å². The summed E-state index contributed by atoms with van der Waals surface area (Å²) in [6.45, 7) is 0. The molecule has 0 unspecified atom stereocenters. The third-order valence-electron chi connectivity index (χ3n) is 6.18. The van der Waals surface area contributed by atoms with Gasteiger partial charge < -0.3 is 4.74 Å². The molecule has 112 valence electrons. The Morgan fingerprint density at radius 2 is 1.55 bits per heavy atom. The maximum atomic E-state index is 12.9. The Labute approximate surface area is 128 Å². The van der Waals surface area contributed by atoms with E-state index in [-0.39, 0.29) is 40.9 Å². The first-order valence-electron chi connectivity index (χ1n) is 7.87. The SMILES string of the molecule is COc1ccc(N2C(=O)[C@@H]3[C@H](C2=O)[C@H]2C=C[C@@H]3C23CC3)cc1. The quantitative estimate of drug-likeness (QED) is 0.622. The van der Waals surface area contributed by atoms with Gasteiger partial charge in [-0.25, -0.2) is 0 Å².